The molecule has 1 aromatic carbocycles. The molecule has 0 aliphatic rings. The molecule has 0 radical (unpaired) electrons. The Kier molecular flexibility index (Phi) is 5.31. The summed E-state index contributed by atoms with van der Waals surface area (Å²) in [5.41, 5.74) is -0.759. The second kappa shape index (κ2) is 6.52. The Morgan fingerprint density at radius 1 is 1.39 bits per heavy atom. The first-order valence-corrected chi connectivity index (χ1v) is 5.97. The van der Waals surface area contributed by atoms with Gasteiger partial charge in [0.25, 0.3) is 0 Å². The summed E-state index contributed by atoms with van der Waals surface area (Å²) in [6.07, 6.45) is 0. The molecule has 0 saturated carbocycles. The summed E-state index contributed by atoms with van der Waals surface area (Å²) >= 11 is 0. The van der Waals surface area contributed by atoms with Gasteiger partial charge in [0.1, 0.15) is 0 Å². The highest BCUT2D eigenvalue weighted by atomic mass is 16.5. The molecular formula is C14H20O4. The molecule has 0 fully saturated rings. The van der Waals surface area contributed by atoms with Crippen LogP contribution in [0.5, 0.6) is 0 Å². The zero-order valence-electron chi connectivity index (χ0n) is 11.1. The Morgan fingerprint density at radius 2 is 2.00 bits per heavy atom. The minimum absolute atomic E-state index is 0.240. The minimum Gasteiger partial charge on any atom is -0.464 e. The van der Waals surface area contributed by atoms with Crippen LogP contribution in [0.4, 0.5) is 0 Å². The lowest BCUT2D eigenvalue weighted by Gasteiger charge is -2.30. The van der Waals surface area contributed by atoms with E-state index in [0.717, 1.165) is 5.56 Å². The molecule has 0 saturated heterocycles. The van der Waals surface area contributed by atoms with E-state index in [-0.39, 0.29) is 13.2 Å². The standard InChI is InChI=1S/C14H20O4/c1-4-18-13(15)14(2,16)12(10-17-3)11-8-6-5-7-9-11/h5-9,12,16H,4,10H2,1-3H3. The van der Waals surface area contributed by atoms with E-state index in [1.807, 2.05) is 30.3 Å². The third-order valence-corrected chi connectivity index (χ3v) is 2.90. The Morgan fingerprint density at radius 3 is 2.50 bits per heavy atom. The number of hydrogen-bond acceptors (Lipinski definition) is 4. The van der Waals surface area contributed by atoms with Crippen molar-refractivity contribution in [3.05, 3.63) is 35.9 Å². The quantitative estimate of drug-likeness (QED) is 0.783. The van der Waals surface area contributed by atoms with E-state index in [9.17, 15) is 9.90 Å². The SMILES string of the molecule is CCOC(=O)C(C)(O)C(COC)c1ccccc1. The highest BCUT2D eigenvalue weighted by Crippen LogP contribution is 2.29. The van der Waals surface area contributed by atoms with E-state index in [1.165, 1.54) is 14.0 Å². The molecule has 4 nitrogen and oxygen atoms in total. The largest absolute Gasteiger partial charge is 0.464 e. The first-order valence-electron chi connectivity index (χ1n) is 5.97. The normalized spacial score (nSPS) is 15.8. The fraction of sp³-hybridized carbons (Fsp3) is 0.500. The van der Waals surface area contributed by atoms with Crippen LogP contribution in [-0.2, 0) is 14.3 Å². The van der Waals surface area contributed by atoms with E-state index in [2.05, 4.69) is 0 Å². The van der Waals surface area contributed by atoms with Gasteiger partial charge in [0, 0.05) is 13.0 Å². The highest BCUT2D eigenvalue weighted by Gasteiger charge is 2.41. The molecule has 0 aromatic heterocycles. The fourth-order valence-corrected chi connectivity index (χ4v) is 1.85. The summed E-state index contributed by atoms with van der Waals surface area (Å²) in [6.45, 7) is 3.66. The van der Waals surface area contributed by atoms with Crippen LogP contribution in [0.3, 0.4) is 0 Å². The van der Waals surface area contributed by atoms with Gasteiger partial charge in [-0.2, -0.15) is 0 Å². The fourth-order valence-electron chi connectivity index (χ4n) is 1.85. The van der Waals surface area contributed by atoms with Gasteiger partial charge in [-0.25, -0.2) is 4.79 Å². The Balaban J connectivity index is 3.01. The van der Waals surface area contributed by atoms with Gasteiger partial charge in [-0.3, -0.25) is 0 Å². The predicted octanol–water partition coefficient (Wildman–Crippen LogP) is 1.73. The van der Waals surface area contributed by atoms with Crippen molar-refractivity contribution in [3.63, 3.8) is 0 Å². The van der Waals surface area contributed by atoms with Crippen molar-refractivity contribution in [3.8, 4) is 0 Å². The van der Waals surface area contributed by atoms with Crippen molar-refractivity contribution < 1.29 is 19.4 Å². The number of esters is 1. The van der Waals surface area contributed by atoms with Crippen LogP contribution in [0.2, 0.25) is 0 Å². The molecule has 0 heterocycles. The summed E-state index contributed by atoms with van der Waals surface area (Å²) < 4.78 is 10.0. The summed E-state index contributed by atoms with van der Waals surface area (Å²) in [4.78, 5) is 11.8. The molecule has 2 atom stereocenters. The molecule has 1 rings (SSSR count). The van der Waals surface area contributed by atoms with Crippen molar-refractivity contribution in [2.24, 2.45) is 0 Å². The van der Waals surface area contributed by atoms with Gasteiger partial charge >= 0.3 is 5.97 Å². The average Bonchev–Trinajstić information content (AvgIpc) is 2.37. The summed E-state index contributed by atoms with van der Waals surface area (Å²) in [7, 11) is 1.54. The molecule has 0 bridgehead atoms. The van der Waals surface area contributed by atoms with Crippen molar-refractivity contribution in [1.29, 1.82) is 0 Å². The van der Waals surface area contributed by atoms with Crippen LogP contribution in [0.15, 0.2) is 30.3 Å². The van der Waals surface area contributed by atoms with Crippen LogP contribution in [0.1, 0.15) is 25.3 Å². The monoisotopic (exact) mass is 252 g/mol. The Labute approximate surface area is 108 Å². The van der Waals surface area contributed by atoms with E-state index < -0.39 is 17.5 Å². The van der Waals surface area contributed by atoms with Gasteiger partial charge in [-0.15, -0.1) is 0 Å². The van der Waals surface area contributed by atoms with Gasteiger partial charge < -0.3 is 14.6 Å². The first kappa shape index (κ1) is 14.7. The lowest BCUT2D eigenvalue weighted by Crippen LogP contribution is -2.44. The smallest absolute Gasteiger partial charge is 0.338 e. The van der Waals surface area contributed by atoms with Crippen LogP contribution in [0, 0.1) is 0 Å². The Bertz CT molecular complexity index is 373. The van der Waals surface area contributed by atoms with E-state index in [1.54, 1.807) is 6.92 Å². The molecule has 18 heavy (non-hydrogen) atoms. The average molecular weight is 252 g/mol. The highest BCUT2D eigenvalue weighted by molar-refractivity contribution is 5.80. The molecule has 1 N–H and O–H groups in total. The maximum absolute atomic E-state index is 11.8. The first-order chi connectivity index (χ1) is 8.54. The van der Waals surface area contributed by atoms with E-state index in [4.69, 9.17) is 9.47 Å². The topological polar surface area (TPSA) is 55.8 Å². The van der Waals surface area contributed by atoms with Crippen molar-refractivity contribution >= 4 is 5.97 Å². The van der Waals surface area contributed by atoms with Crippen LogP contribution >= 0.6 is 0 Å². The zero-order chi connectivity index (χ0) is 13.6. The number of ether oxygens (including phenoxy) is 2. The maximum Gasteiger partial charge on any atom is 0.338 e. The van der Waals surface area contributed by atoms with Crippen LogP contribution in [-0.4, -0.2) is 37.0 Å². The number of carbonyl (C=O) groups is 1. The molecule has 0 aliphatic carbocycles. The number of methoxy groups -OCH3 is 1. The zero-order valence-corrected chi connectivity index (χ0v) is 11.1. The van der Waals surface area contributed by atoms with Crippen molar-refractivity contribution in [2.45, 2.75) is 25.4 Å². The lowest BCUT2D eigenvalue weighted by molar-refractivity contribution is -0.167. The molecule has 0 aliphatic heterocycles. The van der Waals surface area contributed by atoms with Gasteiger partial charge in [0.2, 0.25) is 0 Å². The van der Waals surface area contributed by atoms with E-state index in [0.29, 0.717) is 0 Å². The van der Waals surface area contributed by atoms with Crippen LogP contribution < -0.4 is 0 Å². The Hall–Kier alpha value is -1.39. The molecule has 1 aromatic rings. The number of hydrogen-bond donors (Lipinski definition) is 1. The molecule has 0 amide bonds. The summed E-state index contributed by atoms with van der Waals surface area (Å²) in [5, 5.41) is 10.4. The molecule has 2 unspecified atom stereocenters. The van der Waals surface area contributed by atoms with Crippen molar-refractivity contribution in [1.82, 2.24) is 0 Å². The van der Waals surface area contributed by atoms with E-state index >= 15 is 0 Å². The molecule has 100 valence electrons. The summed E-state index contributed by atoms with van der Waals surface area (Å²) in [5.74, 6) is -1.08. The molecule has 0 spiro atoms. The predicted molar refractivity (Wildman–Crippen MR) is 68.3 cm³/mol. The van der Waals surface area contributed by atoms with Gasteiger partial charge in [0.15, 0.2) is 5.60 Å². The second-order valence-corrected chi connectivity index (χ2v) is 4.29. The number of carbonyl (C=O) groups excluding carboxylic acids is 1. The lowest BCUT2D eigenvalue weighted by atomic mass is 9.84. The maximum atomic E-state index is 11.8. The molecular weight excluding hydrogens is 232 g/mol. The number of rotatable bonds is 6. The third-order valence-electron chi connectivity index (χ3n) is 2.90. The van der Waals surface area contributed by atoms with Gasteiger partial charge in [-0.1, -0.05) is 30.3 Å². The minimum atomic E-state index is -1.60. The van der Waals surface area contributed by atoms with Crippen molar-refractivity contribution in [2.75, 3.05) is 20.3 Å². The molecule has 4 heteroatoms. The van der Waals surface area contributed by atoms with Gasteiger partial charge in [0.05, 0.1) is 13.2 Å². The number of aliphatic hydroxyl groups is 1. The van der Waals surface area contributed by atoms with Crippen LogP contribution in [0.25, 0.3) is 0 Å². The number of benzene rings is 1. The van der Waals surface area contributed by atoms with Gasteiger partial charge in [-0.05, 0) is 19.4 Å². The summed E-state index contributed by atoms with van der Waals surface area (Å²) in [6, 6.07) is 9.32. The second-order valence-electron chi connectivity index (χ2n) is 4.29. The third kappa shape index (κ3) is 3.31.